The van der Waals surface area contributed by atoms with Gasteiger partial charge in [0.2, 0.25) is 0 Å². The number of nitrogens with two attached hydrogens (primary N) is 1. The summed E-state index contributed by atoms with van der Waals surface area (Å²) in [7, 11) is 0. The molecule has 0 bridgehead atoms. The highest BCUT2D eigenvalue weighted by Gasteiger charge is 2.18. The molecule has 0 unspecified atom stereocenters. The number of amides is 1. The Kier molecular flexibility index (Phi) is 5.00. The number of nitrogens with one attached hydrogen (secondary N) is 1. The van der Waals surface area contributed by atoms with Gasteiger partial charge in [0.15, 0.2) is 11.5 Å². The predicted octanol–water partition coefficient (Wildman–Crippen LogP) is 3.72. The minimum Gasteiger partial charge on any atom is -0.382 e. The Morgan fingerprint density at radius 3 is 2.68 bits per heavy atom. The number of benzene rings is 2. The van der Waals surface area contributed by atoms with E-state index >= 15 is 0 Å². The monoisotopic (exact) mass is 423 g/mol. The summed E-state index contributed by atoms with van der Waals surface area (Å²) in [6.45, 7) is 0.377. The van der Waals surface area contributed by atoms with Gasteiger partial charge < -0.3 is 11.1 Å². The van der Waals surface area contributed by atoms with E-state index in [0.29, 0.717) is 12.2 Å². The van der Waals surface area contributed by atoms with Gasteiger partial charge in [-0.05, 0) is 35.9 Å². The minimum atomic E-state index is -0.570. The largest absolute Gasteiger partial charge is 0.382 e. The molecule has 0 radical (unpaired) electrons. The van der Waals surface area contributed by atoms with Crippen LogP contribution in [0.3, 0.4) is 0 Å². The van der Waals surface area contributed by atoms with Crippen molar-refractivity contribution >= 4 is 44.9 Å². The van der Waals surface area contributed by atoms with Gasteiger partial charge in [-0.3, -0.25) is 4.79 Å². The summed E-state index contributed by atoms with van der Waals surface area (Å²) >= 11 is 9.06. The Morgan fingerprint density at radius 2 is 2.00 bits per heavy atom. The SMILES string of the molecule is Nc1c(C(=O)Nc2ccc(F)c(Cl)c2)nnn1Cc1ccc(Br)cc1. The van der Waals surface area contributed by atoms with Crippen molar-refractivity contribution in [2.45, 2.75) is 6.54 Å². The molecule has 1 amide bonds. The first-order chi connectivity index (χ1) is 11.9. The molecule has 0 aliphatic carbocycles. The second-order valence-corrected chi connectivity index (χ2v) is 6.51. The molecule has 2 aromatic carbocycles. The van der Waals surface area contributed by atoms with Crippen molar-refractivity contribution in [3.8, 4) is 0 Å². The normalized spacial score (nSPS) is 10.7. The van der Waals surface area contributed by atoms with Crippen LogP contribution in [0.25, 0.3) is 0 Å². The molecule has 25 heavy (non-hydrogen) atoms. The highest BCUT2D eigenvalue weighted by molar-refractivity contribution is 9.10. The molecular weight excluding hydrogens is 413 g/mol. The average Bonchev–Trinajstić information content (AvgIpc) is 2.94. The number of carbonyl (C=O) groups is 1. The number of nitrogens with zero attached hydrogens (tertiary/aromatic N) is 3. The van der Waals surface area contributed by atoms with E-state index in [1.807, 2.05) is 24.3 Å². The van der Waals surface area contributed by atoms with Gasteiger partial charge in [-0.2, -0.15) is 0 Å². The molecule has 0 saturated heterocycles. The van der Waals surface area contributed by atoms with Gasteiger partial charge in [-0.1, -0.05) is 44.9 Å². The van der Waals surface area contributed by atoms with Crippen molar-refractivity contribution in [1.29, 1.82) is 0 Å². The first-order valence-electron chi connectivity index (χ1n) is 7.14. The van der Waals surface area contributed by atoms with E-state index in [2.05, 4.69) is 31.6 Å². The number of anilines is 2. The second kappa shape index (κ2) is 7.20. The average molecular weight is 425 g/mol. The molecule has 0 aliphatic rings. The molecule has 1 aromatic heterocycles. The molecule has 9 heteroatoms. The van der Waals surface area contributed by atoms with Crippen LogP contribution in [0.2, 0.25) is 5.02 Å². The maximum atomic E-state index is 13.2. The maximum Gasteiger partial charge on any atom is 0.280 e. The van der Waals surface area contributed by atoms with Crippen molar-refractivity contribution in [3.05, 3.63) is 69.0 Å². The van der Waals surface area contributed by atoms with Gasteiger partial charge >= 0.3 is 0 Å². The van der Waals surface area contributed by atoms with E-state index in [9.17, 15) is 9.18 Å². The first kappa shape index (κ1) is 17.4. The molecule has 6 nitrogen and oxygen atoms in total. The third-order valence-corrected chi connectivity index (χ3v) is 4.23. The fourth-order valence-corrected chi connectivity index (χ4v) is 2.57. The van der Waals surface area contributed by atoms with Gasteiger partial charge in [0.1, 0.15) is 5.82 Å². The van der Waals surface area contributed by atoms with Gasteiger partial charge in [0.25, 0.3) is 5.91 Å². The summed E-state index contributed by atoms with van der Waals surface area (Å²) in [5.74, 6) is -0.990. The summed E-state index contributed by atoms with van der Waals surface area (Å²) in [4.78, 5) is 12.3. The number of carbonyl (C=O) groups excluding carboxylic acids is 1. The van der Waals surface area contributed by atoms with Crippen LogP contribution in [0.4, 0.5) is 15.9 Å². The third kappa shape index (κ3) is 3.97. The topological polar surface area (TPSA) is 85.8 Å². The Morgan fingerprint density at radius 1 is 1.28 bits per heavy atom. The van der Waals surface area contributed by atoms with Gasteiger partial charge in [0, 0.05) is 10.2 Å². The van der Waals surface area contributed by atoms with Crippen molar-refractivity contribution in [1.82, 2.24) is 15.0 Å². The summed E-state index contributed by atoms with van der Waals surface area (Å²) in [6.07, 6.45) is 0. The Balaban J connectivity index is 1.76. The van der Waals surface area contributed by atoms with E-state index in [4.69, 9.17) is 17.3 Å². The van der Waals surface area contributed by atoms with Gasteiger partial charge in [-0.25, -0.2) is 9.07 Å². The summed E-state index contributed by atoms with van der Waals surface area (Å²) in [5, 5.41) is 10.2. The smallest absolute Gasteiger partial charge is 0.280 e. The van der Waals surface area contributed by atoms with E-state index in [1.165, 1.54) is 16.8 Å². The number of rotatable bonds is 4. The molecule has 0 saturated carbocycles. The number of halogens is 3. The lowest BCUT2D eigenvalue weighted by molar-refractivity contribution is 0.102. The van der Waals surface area contributed by atoms with Crippen LogP contribution < -0.4 is 11.1 Å². The lowest BCUT2D eigenvalue weighted by Crippen LogP contribution is -2.15. The number of nitrogen functional groups attached to an aromatic ring is 1. The molecule has 1 heterocycles. The third-order valence-electron chi connectivity index (χ3n) is 3.41. The highest BCUT2D eigenvalue weighted by Crippen LogP contribution is 2.20. The lowest BCUT2D eigenvalue weighted by Gasteiger charge is -2.06. The number of hydrogen-bond acceptors (Lipinski definition) is 4. The van der Waals surface area contributed by atoms with Crippen LogP contribution in [0.15, 0.2) is 46.9 Å². The second-order valence-electron chi connectivity index (χ2n) is 5.19. The van der Waals surface area contributed by atoms with Crippen LogP contribution in [-0.2, 0) is 6.54 Å². The molecule has 3 N–H and O–H groups in total. The molecule has 0 fully saturated rings. The summed E-state index contributed by atoms with van der Waals surface area (Å²) < 4.78 is 15.6. The number of aromatic nitrogens is 3. The summed E-state index contributed by atoms with van der Waals surface area (Å²) in [6, 6.07) is 11.5. The zero-order chi connectivity index (χ0) is 18.0. The standard InChI is InChI=1S/C16H12BrClFN5O/c17-10-3-1-9(2-4-10)8-24-15(20)14(22-23-24)16(25)21-11-5-6-13(19)12(18)7-11/h1-7H,8,20H2,(H,21,25). The van der Waals surface area contributed by atoms with E-state index < -0.39 is 11.7 Å². The van der Waals surface area contributed by atoms with Crippen LogP contribution >= 0.6 is 27.5 Å². The van der Waals surface area contributed by atoms with Crippen LogP contribution in [0.1, 0.15) is 16.1 Å². The van der Waals surface area contributed by atoms with E-state index in [-0.39, 0.29) is 16.5 Å². The Hall–Kier alpha value is -2.45. The van der Waals surface area contributed by atoms with Crippen molar-refractivity contribution in [2.75, 3.05) is 11.1 Å². The highest BCUT2D eigenvalue weighted by atomic mass is 79.9. The van der Waals surface area contributed by atoms with Crippen LogP contribution in [0.5, 0.6) is 0 Å². The van der Waals surface area contributed by atoms with Crippen LogP contribution in [0, 0.1) is 5.82 Å². The van der Waals surface area contributed by atoms with Gasteiger partial charge in [0.05, 0.1) is 11.6 Å². The number of hydrogen-bond donors (Lipinski definition) is 2. The summed E-state index contributed by atoms with van der Waals surface area (Å²) in [5.41, 5.74) is 7.24. The molecule has 128 valence electrons. The van der Waals surface area contributed by atoms with Crippen molar-refractivity contribution in [3.63, 3.8) is 0 Å². The minimum absolute atomic E-state index is 0.0161. The molecule has 3 rings (SSSR count). The molecule has 0 spiro atoms. The Bertz CT molecular complexity index is 929. The van der Waals surface area contributed by atoms with Crippen molar-refractivity contribution in [2.24, 2.45) is 0 Å². The van der Waals surface area contributed by atoms with Crippen molar-refractivity contribution < 1.29 is 9.18 Å². The van der Waals surface area contributed by atoms with Gasteiger partial charge in [-0.15, -0.1) is 5.10 Å². The molecule has 3 aromatic rings. The van der Waals surface area contributed by atoms with Crippen LogP contribution in [-0.4, -0.2) is 20.9 Å². The zero-order valence-corrected chi connectivity index (χ0v) is 15.1. The quantitative estimate of drug-likeness (QED) is 0.668. The molecular formula is C16H12BrClFN5O. The molecule has 0 atom stereocenters. The zero-order valence-electron chi connectivity index (χ0n) is 12.7. The first-order valence-corrected chi connectivity index (χ1v) is 8.31. The maximum absolute atomic E-state index is 13.2. The lowest BCUT2D eigenvalue weighted by atomic mass is 10.2. The predicted molar refractivity (Wildman–Crippen MR) is 97.0 cm³/mol. The fourth-order valence-electron chi connectivity index (χ4n) is 2.13. The van der Waals surface area contributed by atoms with E-state index in [0.717, 1.165) is 16.1 Å². The molecule has 0 aliphatic heterocycles. The fraction of sp³-hybridized carbons (Fsp3) is 0.0625. The Labute approximate surface area is 155 Å². The van der Waals surface area contributed by atoms with E-state index in [1.54, 1.807) is 0 Å².